The number of thiazole rings is 1. The van der Waals surface area contributed by atoms with Gasteiger partial charge < -0.3 is 9.64 Å². The van der Waals surface area contributed by atoms with Crippen molar-refractivity contribution in [2.75, 3.05) is 26.5 Å². The van der Waals surface area contributed by atoms with Crippen molar-refractivity contribution in [3.63, 3.8) is 0 Å². The van der Waals surface area contributed by atoms with E-state index in [2.05, 4.69) is 20.3 Å². The summed E-state index contributed by atoms with van der Waals surface area (Å²) in [5.41, 5.74) is 3.90. The maximum Gasteiger partial charge on any atom is 0.258 e. The highest BCUT2D eigenvalue weighted by Gasteiger charge is 2.26. The standard InChI is InChI=1S/C26H24ClN5O3S/c1-32(2)22(33)11-14-4-8-17(18(10-14)19-12-16(27)7-9-21(19)35-3)24(34)31-26-30-23-25(36-26)29-20(13-28-23)15-5-6-15/h4,7-10,12-13,15H,5-6,11H2,1-3H3,(H,28,30,31,34). The van der Waals surface area contributed by atoms with Crippen LogP contribution in [0.2, 0.25) is 5.02 Å². The van der Waals surface area contributed by atoms with Gasteiger partial charge in [-0.2, -0.15) is 4.98 Å². The SMILES string of the molecule is COc1ccc(Cl)cc1-c1cc(CC(=O)N(C)C)ccc1C(=O)Nc1nc2ncc(C3CC3)nc2s1. The monoisotopic (exact) mass is 521 g/mol. The van der Waals surface area contributed by atoms with Crippen molar-refractivity contribution in [2.24, 2.45) is 0 Å². The van der Waals surface area contributed by atoms with E-state index in [1.165, 1.54) is 16.2 Å². The second-order valence-electron chi connectivity index (χ2n) is 8.86. The van der Waals surface area contributed by atoms with Gasteiger partial charge in [0.15, 0.2) is 15.6 Å². The predicted octanol–water partition coefficient (Wildman–Crippen LogP) is 5.18. The van der Waals surface area contributed by atoms with E-state index in [0.717, 1.165) is 24.1 Å². The number of anilines is 1. The lowest BCUT2D eigenvalue weighted by molar-refractivity contribution is -0.127. The quantitative estimate of drug-likeness (QED) is 0.360. The average molecular weight is 522 g/mol. The molecule has 0 bridgehead atoms. The Morgan fingerprint density at radius 1 is 1.14 bits per heavy atom. The fourth-order valence-corrected chi connectivity index (χ4v) is 4.85. The molecule has 2 amide bonds. The van der Waals surface area contributed by atoms with Crippen molar-refractivity contribution >= 4 is 50.4 Å². The Morgan fingerprint density at radius 3 is 2.67 bits per heavy atom. The van der Waals surface area contributed by atoms with Crippen LogP contribution in [0.5, 0.6) is 5.75 Å². The molecule has 1 aliphatic rings. The van der Waals surface area contributed by atoms with E-state index < -0.39 is 0 Å². The number of halogens is 1. The average Bonchev–Trinajstić information content (AvgIpc) is 3.63. The van der Waals surface area contributed by atoms with Gasteiger partial charge in [0.25, 0.3) is 5.91 Å². The molecular formula is C26H24ClN5O3S. The summed E-state index contributed by atoms with van der Waals surface area (Å²) in [5, 5.41) is 3.81. The molecule has 1 N–H and O–H groups in total. The highest BCUT2D eigenvalue weighted by atomic mass is 35.5. The molecule has 1 aliphatic carbocycles. The molecule has 0 saturated heterocycles. The summed E-state index contributed by atoms with van der Waals surface area (Å²) in [7, 11) is 4.98. The predicted molar refractivity (Wildman–Crippen MR) is 141 cm³/mol. The minimum atomic E-state index is -0.348. The van der Waals surface area contributed by atoms with Crippen LogP contribution in [-0.4, -0.2) is 52.9 Å². The molecule has 1 fully saturated rings. The van der Waals surface area contributed by atoms with Gasteiger partial charge in [0.2, 0.25) is 5.91 Å². The van der Waals surface area contributed by atoms with Crippen LogP contribution in [0.15, 0.2) is 42.6 Å². The van der Waals surface area contributed by atoms with E-state index in [9.17, 15) is 9.59 Å². The number of hydrogen-bond acceptors (Lipinski definition) is 7. The van der Waals surface area contributed by atoms with E-state index in [1.54, 1.807) is 57.7 Å². The van der Waals surface area contributed by atoms with E-state index in [-0.39, 0.29) is 18.2 Å². The Hall–Kier alpha value is -3.56. The van der Waals surface area contributed by atoms with Crippen molar-refractivity contribution in [1.82, 2.24) is 19.9 Å². The van der Waals surface area contributed by atoms with Crippen LogP contribution < -0.4 is 10.1 Å². The number of fused-ring (bicyclic) bond motifs is 1. The topological polar surface area (TPSA) is 97.3 Å². The molecule has 0 radical (unpaired) electrons. The number of nitrogens with zero attached hydrogens (tertiary/aromatic N) is 4. The van der Waals surface area contributed by atoms with Gasteiger partial charge in [-0.3, -0.25) is 14.9 Å². The number of benzene rings is 2. The third-order valence-electron chi connectivity index (χ3n) is 5.99. The third-order valence-corrected chi connectivity index (χ3v) is 7.08. The summed E-state index contributed by atoms with van der Waals surface area (Å²) in [4.78, 5) is 41.5. The van der Waals surface area contributed by atoms with Crippen LogP contribution in [0.1, 0.15) is 40.4 Å². The van der Waals surface area contributed by atoms with Gasteiger partial charge in [0, 0.05) is 36.2 Å². The second-order valence-corrected chi connectivity index (χ2v) is 10.3. The minimum absolute atomic E-state index is 0.0451. The summed E-state index contributed by atoms with van der Waals surface area (Å²) in [6, 6.07) is 10.5. The van der Waals surface area contributed by atoms with E-state index >= 15 is 0 Å². The Kier molecular flexibility index (Phi) is 6.59. The number of hydrogen-bond donors (Lipinski definition) is 1. The van der Waals surface area contributed by atoms with Crippen molar-refractivity contribution in [3.05, 3.63) is 64.4 Å². The number of nitrogens with one attached hydrogen (secondary N) is 1. The first kappa shape index (κ1) is 24.1. The Bertz CT molecular complexity index is 1480. The number of ether oxygens (including phenoxy) is 1. The molecule has 0 unspecified atom stereocenters. The smallest absolute Gasteiger partial charge is 0.258 e. The van der Waals surface area contributed by atoms with E-state index in [4.69, 9.17) is 16.3 Å². The summed E-state index contributed by atoms with van der Waals surface area (Å²) in [5.74, 6) is 0.649. The number of aromatic nitrogens is 3. The van der Waals surface area contributed by atoms with Gasteiger partial charge in [-0.25, -0.2) is 9.97 Å². The number of methoxy groups -OCH3 is 1. The first-order chi connectivity index (χ1) is 17.3. The Balaban J connectivity index is 1.51. The summed E-state index contributed by atoms with van der Waals surface area (Å²) in [6.45, 7) is 0. The normalized spacial score (nSPS) is 13.0. The molecule has 36 heavy (non-hydrogen) atoms. The van der Waals surface area contributed by atoms with Gasteiger partial charge in [-0.1, -0.05) is 29.0 Å². The maximum absolute atomic E-state index is 13.5. The molecule has 1 saturated carbocycles. The summed E-state index contributed by atoms with van der Waals surface area (Å²) >= 11 is 7.59. The van der Waals surface area contributed by atoms with Crippen LogP contribution >= 0.6 is 22.9 Å². The lowest BCUT2D eigenvalue weighted by Crippen LogP contribution is -2.23. The van der Waals surface area contributed by atoms with Crippen LogP contribution in [0, 0.1) is 0 Å². The first-order valence-corrected chi connectivity index (χ1v) is 12.6. The third kappa shape index (κ3) is 5.03. The van der Waals surface area contributed by atoms with Crippen LogP contribution in [0.4, 0.5) is 5.13 Å². The highest BCUT2D eigenvalue weighted by Crippen LogP contribution is 2.40. The molecule has 0 atom stereocenters. The zero-order chi connectivity index (χ0) is 25.4. The number of carbonyl (C=O) groups excluding carboxylic acids is 2. The number of carbonyl (C=O) groups is 2. The first-order valence-electron chi connectivity index (χ1n) is 11.4. The molecule has 0 aliphatic heterocycles. The van der Waals surface area contributed by atoms with Crippen molar-refractivity contribution in [2.45, 2.75) is 25.2 Å². The molecule has 2 aromatic carbocycles. The number of likely N-dealkylation sites (N-methyl/N-ethyl adjacent to an activating group) is 1. The molecule has 5 rings (SSSR count). The van der Waals surface area contributed by atoms with Gasteiger partial charge in [0.05, 0.1) is 25.4 Å². The van der Waals surface area contributed by atoms with E-state index in [0.29, 0.717) is 49.0 Å². The molecule has 10 heteroatoms. The Morgan fingerprint density at radius 2 is 1.94 bits per heavy atom. The lowest BCUT2D eigenvalue weighted by Gasteiger charge is -2.16. The van der Waals surface area contributed by atoms with Gasteiger partial charge in [-0.15, -0.1) is 0 Å². The second kappa shape index (κ2) is 9.83. The molecule has 2 aromatic heterocycles. The van der Waals surface area contributed by atoms with Crippen LogP contribution in [-0.2, 0) is 11.2 Å². The fraction of sp³-hybridized carbons (Fsp3) is 0.269. The summed E-state index contributed by atoms with van der Waals surface area (Å²) < 4.78 is 5.55. The highest BCUT2D eigenvalue weighted by molar-refractivity contribution is 7.21. The zero-order valence-corrected chi connectivity index (χ0v) is 21.6. The van der Waals surface area contributed by atoms with Gasteiger partial charge >= 0.3 is 0 Å². The minimum Gasteiger partial charge on any atom is -0.496 e. The van der Waals surface area contributed by atoms with E-state index in [1.807, 2.05) is 6.07 Å². The van der Waals surface area contributed by atoms with Crippen molar-refractivity contribution in [3.8, 4) is 16.9 Å². The van der Waals surface area contributed by atoms with Gasteiger partial charge in [-0.05, 0) is 54.3 Å². The number of amides is 2. The Labute approximate surface area is 217 Å². The number of rotatable bonds is 7. The van der Waals surface area contributed by atoms with Gasteiger partial charge in [0.1, 0.15) is 5.75 Å². The maximum atomic E-state index is 13.5. The molecule has 0 spiro atoms. The molecular weight excluding hydrogens is 498 g/mol. The largest absolute Gasteiger partial charge is 0.496 e. The van der Waals surface area contributed by atoms with Crippen molar-refractivity contribution in [1.29, 1.82) is 0 Å². The van der Waals surface area contributed by atoms with Crippen molar-refractivity contribution < 1.29 is 14.3 Å². The lowest BCUT2D eigenvalue weighted by atomic mass is 9.95. The van der Waals surface area contributed by atoms with Crippen LogP contribution in [0.3, 0.4) is 0 Å². The molecule has 4 aromatic rings. The fourth-order valence-electron chi connectivity index (χ4n) is 3.87. The molecule has 2 heterocycles. The summed E-state index contributed by atoms with van der Waals surface area (Å²) in [6.07, 6.45) is 4.23. The van der Waals surface area contributed by atoms with Crippen LogP contribution in [0.25, 0.3) is 21.6 Å². The molecule has 8 nitrogen and oxygen atoms in total. The molecule has 184 valence electrons. The zero-order valence-electron chi connectivity index (χ0n) is 20.0.